The van der Waals surface area contributed by atoms with Crippen LogP contribution in [0.25, 0.3) is 0 Å². The number of nitrogens with zero attached hydrogens (tertiary/aromatic N) is 1. The van der Waals surface area contributed by atoms with Gasteiger partial charge in [-0.2, -0.15) is 0 Å². The van der Waals surface area contributed by atoms with Gasteiger partial charge >= 0.3 is 58.4 Å². The summed E-state index contributed by atoms with van der Waals surface area (Å²) in [6.07, 6.45) is 0.700. The molecule has 0 aliphatic carbocycles. The quantitative estimate of drug-likeness (QED) is 0.616. The average molecular weight is 276 g/mol. The first kappa shape index (κ1) is 17.9. The maximum atomic E-state index is 12.2. The van der Waals surface area contributed by atoms with Gasteiger partial charge in [-0.25, -0.2) is 0 Å². The van der Waals surface area contributed by atoms with Crippen molar-refractivity contribution in [2.75, 3.05) is 26.1 Å². The van der Waals surface area contributed by atoms with Gasteiger partial charge in [0.2, 0.25) is 5.91 Å². The molecule has 1 N–H and O–H groups in total. The van der Waals surface area contributed by atoms with Crippen LogP contribution in [0.4, 0.5) is 12.9 Å². The van der Waals surface area contributed by atoms with Crippen molar-refractivity contribution < 1.29 is 69.1 Å². The molecule has 1 fully saturated rings. The van der Waals surface area contributed by atoms with Gasteiger partial charge in [0.1, 0.15) is 0 Å². The van der Waals surface area contributed by atoms with Crippen molar-refractivity contribution in [1.29, 1.82) is 0 Å². The molecule has 0 radical (unpaired) electrons. The van der Waals surface area contributed by atoms with E-state index in [9.17, 15) is 17.7 Å². The molecule has 1 aliphatic heterocycles. The molecule has 0 aromatic heterocycles. The van der Waals surface area contributed by atoms with Crippen LogP contribution in [0.1, 0.15) is 19.8 Å². The van der Waals surface area contributed by atoms with Crippen molar-refractivity contribution in [3.63, 3.8) is 0 Å². The van der Waals surface area contributed by atoms with Crippen LogP contribution in [0.2, 0.25) is 0 Å². The summed E-state index contributed by atoms with van der Waals surface area (Å²) in [4.78, 5) is 12.1. The molecule has 94 valence electrons. The average Bonchev–Trinajstić information content (AvgIpc) is 2.14. The molecule has 1 aliphatic rings. The van der Waals surface area contributed by atoms with Gasteiger partial charge < -0.3 is 23.2 Å². The molecular formula is C9H17BF3KN2O. The van der Waals surface area contributed by atoms with E-state index < -0.39 is 13.4 Å². The second-order valence-corrected chi connectivity index (χ2v) is 4.39. The first-order valence-electron chi connectivity index (χ1n) is 5.54. The zero-order valence-corrected chi connectivity index (χ0v) is 13.5. The third-order valence-corrected chi connectivity index (χ3v) is 2.81. The molecule has 17 heavy (non-hydrogen) atoms. The van der Waals surface area contributed by atoms with E-state index in [0.29, 0.717) is 25.6 Å². The first-order chi connectivity index (χ1) is 7.37. The summed E-state index contributed by atoms with van der Waals surface area (Å²) in [7, 11) is 0. The van der Waals surface area contributed by atoms with Gasteiger partial charge in [0.05, 0.1) is 0 Å². The van der Waals surface area contributed by atoms with Crippen LogP contribution in [0.3, 0.4) is 0 Å². The van der Waals surface area contributed by atoms with Crippen LogP contribution in [-0.4, -0.2) is 43.9 Å². The van der Waals surface area contributed by atoms with Crippen molar-refractivity contribution in [2.24, 2.45) is 5.92 Å². The summed E-state index contributed by atoms with van der Waals surface area (Å²) < 4.78 is 36.5. The minimum absolute atomic E-state index is 0. The van der Waals surface area contributed by atoms with Crippen LogP contribution >= 0.6 is 0 Å². The Morgan fingerprint density at radius 3 is 2.29 bits per heavy atom. The van der Waals surface area contributed by atoms with E-state index in [4.69, 9.17) is 0 Å². The molecule has 1 heterocycles. The van der Waals surface area contributed by atoms with Gasteiger partial charge in [-0.15, -0.1) is 0 Å². The molecule has 0 saturated carbocycles. The van der Waals surface area contributed by atoms with Crippen molar-refractivity contribution in [3.8, 4) is 0 Å². The van der Waals surface area contributed by atoms with Crippen LogP contribution in [-0.2, 0) is 4.79 Å². The Hall–Kier alpha value is 0.921. The van der Waals surface area contributed by atoms with Gasteiger partial charge in [0.25, 0.3) is 0 Å². The topological polar surface area (TPSA) is 32.3 Å². The summed E-state index contributed by atoms with van der Waals surface area (Å²) in [5.41, 5.74) is 0. The Labute approximate surface area is 142 Å². The number of halogens is 3. The predicted molar refractivity (Wildman–Crippen MR) is 56.9 cm³/mol. The zero-order chi connectivity index (χ0) is 12.2. The zero-order valence-electron chi connectivity index (χ0n) is 10.4. The largest absolute Gasteiger partial charge is 1.00 e. The van der Waals surface area contributed by atoms with E-state index in [2.05, 4.69) is 5.32 Å². The molecule has 0 spiro atoms. The number of rotatable bonds is 4. The third-order valence-electron chi connectivity index (χ3n) is 2.81. The Morgan fingerprint density at radius 1 is 1.35 bits per heavy atom. The maximum Gasteiger partial charge on any atom is 1.00 e. The molecule has 0 bridgehead atoms. The standard InChI is InChI=1S/C9H17BF3N2O.K/c1-8(16)14-6-9-2-4-15(5-3-9)7-10(11,12)13;/h9H,2-7H2,1H3,(H,14,16);/q-1;+1. The third kappa shape index (κ3) is 8.61. The number of nitrogens with one attached hydrogen (secondary N) is 1. The molecule has 1 amide bonds. The molecular weight excluding hydrogens is 259 g/mol. The second kappa shape index (κ2) is 8.16. The Kier molecular flexibility index (Phi) is 8.61. The van der Waals surface area contributed by atoms with E-state index >= 15 is 0 Å². The Balaban J connectivity index is 0.00000256. The summed E-state index contributed by atoms with van der Waals surface area (Å²) in [6.45, 7) is -1.72. The second-order valence-electron chi connectivity index (χ2n) is 4.39. The molecule has 0 unspecified atom stereocenters. The fraction of sp³-hybridized carbons (Fsp3) is 0.889. The number of piperidine rings is 1. The monoisotopic (exact) mass is 276 g/mol. The van der Waals surface area contributed by atoms with Gasteiger partial charge in [0, 0.05) is 13.5 Å². The fourth-order valence-electron chi connectivity index (χ4n) is 1.95. The summed E-state index contributed by atoms with van der Waals surface area (Å²) in [5, 5.41) is 2.70. The number of carbonyl (C=O) groups excluding carboxylic acids is 1. The fourth-order valence-corrected chi connectivity index (χ4v) is 1.95. The normalized spacial score (nSPS) is 18.6. The van der Waals surface area contributed by atoms with Crippen molar-refractivity contribution in [3.05, 3.63) is 0 Å². The Morgan fingerprint density at radius 2 is 1.88 bits per heavy atom. The van der Waals surface area contributed by atoms with Crippen LogP contribution < -0.4 is 56.7 Å². The molecule has 0 aromatic rings. The summed E-state index contributed by atoms with van der Waals surface area (Å²) in [5.74, 6) is 0.238. The number of hydrogen-bond donors (Lipinski definition) is 1. The number of likely N-dealkylation sites (tertiary alicyclic amines) is 1. The van der Waals surface area contributed by atoms with E-state index in [0.717, 1.165) is 12.8 Å². The van der Waals surface area contributed by atoms with Crippen LogP contribution in [0, 0.1) is 5.92 Å². The summed E-state index contributed by atoms with van der Waals surface area (Å²) >= 11 is 0. The Bertz CT molecular complexity index is 245. The van der Waals surface area contributed by atoms with Crippen molar-refractivity contribution >= 4 is 12.9 Å². The molecule has 1 rings (SSSR count). The van der Waals surface area contributed by atoms with E-state index in [1.165, 1.54) is 11.8 Å². The van der Waals surface area contributed by atoms with Gasteiger partial charge in [-0.3, -0.25) is 4.79 Å². The van der Waals surface area contributed by atoms with Crippen molar-refractivity contribution in [1.82, 2.24) is 10.2 Å². The maximum absolute atomic E-state index is 12.2. The van der Waals surface area contributed by atoms with Gasteiger partial charge in [0.15, 0.2) is 0 Å². The van der Waals surface area contributed by atoms with Gasteiger partial charge in [-0.05, 0) is 38.3 Å². The summed E-state index contributed by atoms with van der Waals surface area (Å²) in [6, 6.07) is 0. The number of amides is 1. The van der Waals surface area contributed by atoms with Crippen LogP contribution in [0.5, 0.6) is 0 Å². The SMILES string of the molecule is CC(=O)NCC1CCN(C[B-](F)(F)F)CC1.[K+]. The smallest absolute Gasteiger partial charge is 0.448 e. The van der Waals surface area contributed by atoms with E-state index in [-0.39, 0.29) is 57.3 Å². The minimum atomic E-state index is -4.71. The van der Waals surface area contributed by atoms with Gasteiger partial charge in [-0.1, -0.05) is 0 Å². The van der Waals surface area contributed by atoms with Crippen LogP contribution in [0.15, 0.2) is 0 Å². The molecule has 0 aromatic carbocycles. The van der Waals surface area contributed by atoms with E-state index in [1.54, 1.807) is 0 Å². The minimum Gasteiger partial charge on any atom is -0.448 e. The first-order valence-corrected chi connectivity index (χ1v) is 5.54. The molecule has 8 heteroatoms. The predicted octanol–water partition coefficient (Wildman–Crippen LogP) is -1.77. The number of hydrogen-bond acceptors (Lipinski definition) is 2. The molecule has 3 nitrogen and oxygen atoms in total. The molecule has 1 saturated heterocycles. The number of carbonyl (C=O) groups is 1. The van der Waals surface area contributed by atoms with Crippen molar-refractivity contribution in [2.45, 2.75) is 19.8 Å². The molecule has 0 atom stereocenters. The van der Waals surface area contributed by atoms with E-state index in [1.807, 2.05) is 0 Å².